The standard InChI is InChI=1S/H4O7P2.H3O4P/c1-8(2,3)7-9(4,5)6;1-5(2,3)4/h(H2,1,2,3)(H2,4,5,6);(H3,1,2,3,4). The lowest BCUT2D eigenvalue weighted by Crippen LogP contribution is -1.84. The van der Waals surface area contributed by atoms with Gasteiger partial charge in [0.25, 0.3) is 0 Å². The van der Waals surface area contributed by atoms with E-state index in [9.17, 15) is 9.13 Å². The van der Waals surface area contributed by atoms with E-state index in [4.69, 9.17) is 38.8 Å². The fraction of sp³-hybridized carbons (Fsp3) is 0. The molecule has 0 aromatic heterocycles. The van der Waals surface area contributed by atoms with Crippen LogP contribution in [0.25, 0.3) is 0 Å². The van der Waals surface area contributed by atoms with Gasteiger partial charge in [0.15, 0.2) is 0 Å². The molecule has 0 aromatic carbocycles. The second kappa shape index (κ2) is 5.45. The first kappa shape index (κ1) is 16.8. The molecule has 0 aliphatic heterocycles. The van der Waals surface area contributed by atoms with Gasteiger partial charge in [0, 0.05) is 0 Å². The van der Waals surface area contributed by atoms with Crippen LogP contribution in [-0.4, -0.2) is 34.3 Å². The Morgan fingerprint density at radius 1 is 0.643 bits per heavy atom. The van der Waals surface area contributed by atoms with Crippen LogP contribution in [0.15, 0.2) is 0 Å². The van der Waals surface area contributed by atoms with Crippen molar-refractivity contribution >= 4 is 23.5 Å². The molecule has 0 bridgehead atoms. The summed E-state index contributed by atoms with van der Waals surface area (Å²) in [5, 5.41) is 0. The van der Waals surface area contributed by atoms with Crippen LogP contribution in [0.2, 0.25) is 0 Å². The van der Waals surface area contributed by atoms with E-state index in [1.807, 2.05) is 0 Å². The highest BCUT2D eigenvalue weighted by Crippen LogP contribution is 2.53. The van der Waals surface area contributed by atoms with Gasteiger partial charge in [0.2, 0.25) is 0 Å². The van der Waals surface area contributed by atoms with Gasteiger partial charge in [-0.25, -0.2) is 13.7 Å². The molecule has 88 valence electrons. The molecule has 0 unspecified atom stereocenters. The van der Waals surface area contributed by atoms with E-state index < -0.39 is 23.5 Å². The fourth-order valence-corrected chi connectivity index (χ4v) is 1.25. The van der Waals surface area contributed by atoms with Crippen LogP contribution in [0.1, 0.15) is 0 Å². The molecule has 14 heavy (non-hydrogen) atoms. The summed E-state index contributed by atoms with van der Waals surface area (Å²) in [7, 11) is -14.7. The Kier molecular flexibility index (Phi) is 6.54. The lowest BCUT2D eigenvalue weighted by atomic mass is 15.7. The van der Waals surface area contributed by atoms with E-state index in [1.54, 1.807) is 0 Å². The maximum absolute atomic E-state index is 9.63. The van der Waals surface area contributed by atoms with Gasteiger partial charge < -0.3 is 34.3 Å². The zero-order valence-electron chi connectivity index (χ0n) is 6.11. The first-order valence-corrected chi connectivity index (χ1v) is 6.94. The molecule has 0 aliphatic rings. The molecule has 0 spiro atoms. The molecular formula is H7O11P3. The Morgan fingerprint density at radius 3 is 0.786 bits per heavy atom. The van der Waals surface area contributed by atoms with Gasteiger partial charge in [-0.3, -0.25) is 0 Å². The third-order valence-corrected chi connectivity index (χ3v) is 1.91. The second-order valence-corrected chi connectivity index (χ2v) is 5.22. The molecule has 0 fully saturated rings. The summed E-state index contributed by atoms with van der Waals surface area (Å²) in [5.41, 5.74) is 0. The van der Waals surface area contributed by atoms with E-state index in [1.165, 1.54) is 0 Å². The average molecular weight is 276 g/mol. The molecular weight excluding hydrogens is 269 g/mol. The van der Waals surface area contributed by atoms with E-state index in [-0.39, 0.29) is 0 Å². The predicted molar refractivity (Wildman–Crippen MR) is 39.4 cm³/mol. The number of hydrogen-bond donors (Lipinski definition) is 7. The quantitative estimate of drug-likeness (QED) is 0.282. The Morgan fingerprint density at radius 2 is 0.786 bits per heavy atom. The highest BCUT2D eigenvalue weighted by atomic mass is 31.3. The highest BCUT2D eigenvalue weighted by Gasteiger charge is 2.27. The van der Waals surface area contributed by atoms with E-state index in [2.05, 4.69) is 4.31 Å². The Bertz CT molecular complexity index is 253. The topological polar surface area (TPSA) is 202 Å². The Balaban J connectivity index is 0. The van der Waals surface area contributed by atoms with Crippen molar-refractivity contribution in [3.8, 4) is 0 Å². The lowest BCUT2D eigenvalue weighted by Gasteiger charge is -2.03. The zero-order chi connectivity index (χ0) is 12.2. The predicted octanol–water partition coefficient (Wildman–Crippen LogP) is -1.74. The number of phosphoric acid groups is 3. The summed E-state index contributed by atoms with van der Waals surface area (Å²) in [4.78, 5) is 52.6. The zero-order valence-corrected chi connectivity index (χ0v) is 8.79. The molecule has 0 saturated carbocycles. The number of rotatable bonds is 2. The van der Waals surface area contributed by atoms with E-state index >= 15 is 0 Å². The van der Waals surface area contributed by atoms with Gasteiger partial charge in [-0.05, 0) is 0 Å². The average Bonchev–Trinajstić information content (AvgIpc) is 1.42. The normalized spacial score (nSPS) is 13.1. The molecule has 0 heterocycles. The molecule has 0 aliphatic carbocycles. The number of hydrogen-bond acceptors (Lipinski definition) is 4. The maximum Gasteiger partial charge on any atom is 0.478 e. The minimum atomic E-state index is -5.05. The molecule has 0 radical (unpaired) electrons. The summed E-state index contributed by atoms with van der Waals surface area (Å²) in [6.45, 7) is 0. The van der Waals surface area contributed by atoms with Crippen molar-refractivity contribution < 1.29 is 52.3 Å². The third-order valence-electron chi connectivity index (χ3n) is 0.213. The Labute approximate surface area is 76.7 Å². The fourth-order valence-electron chi connectivity index (χ4n) is 0.139. The van der Waals surface area contributed by atoms with Crippen molar-refractivity contribution in [1.29, 1.82) is 0 Å². The van der Waals surface area contributed by atoms with Crippen LogP contribution in [0.3, 0.4) is 0 Å². The van der Waals surface area contributed by atoms with Crippen molar-refractivity contribution in [1.82, 2.24) is 0 Å². The van der Waals surface area contributed by atoms with Gasteiger partial charge in [-0.15, -0.1) is 0 Å². The van der Waals surface area contributed by atoms with Crippen LogP contribution < -0.4 is 0 Å². The summed E-state index contributed by atoms with van der Waals surface area (Å²) >= 11 is 0. The van der Waals surface area contributed by atoms with Crippen LogP contribution in [-0.2, 0) is 18.0 Å². The minimum Gasteiger partial charge on any atom is -0.303 e. The first-order valence-electron chi connectivity index (χ1n) is 2.31. The van der Waals surface area contributed by atoms with E-state index in [0.717, 1.165) is 0 Å². The van der Waals surface area contributed by atoms with Gasteiger partial charge in [-0.2, -0.15) is 4.31 Å². The van der Waals surface area contributed by atoms with Gasteiger partial charge in [-0.1, -0.05) is 0 Å². The van der Waals surface area contributed by atoms with Crippen LogP contribution in [0.5, 0.6) is 0 Å². The molecule has 0 atom stereocenters. The summed E-state index contributed by atoms with van der Waals surface area (Å²) in [5.74, 6) is 0. The van der Waals surface area contributed by atoms with Crippen LogP contribution in [0, 0.1) is 0 Å². The largest absolute Gasteiger partial charge is 0.478 e. The second-order valence-electron chi connectivity index (χ2n) is 1.58. The molecule has 14 heteroatoms. The smallest absolute Gasteiger partial charge is 0.303 e. The van der Waals surface area contributed by atoms with Crippen molar-refractivity contribution in [3.63, 3.8) is 0 Å². The monoisotopic (exact) mass is 276 g/mol. The highest BCUT2D eigenvalue weighted by molar-refractivity contribution is 7.60. The van der Waals surface area contributed by atoms with Crippen molar-refractivity contribution in [2.24, 2.45) is 0 Å². The summed E-state index contributed by atoms with van der Waals surface area (Å²) in [6, 6.07) is 0. The summed E-state index contributed by atoms with van der Waals surface area (Å²) in [6.07, 6.45) is 0. The molecule has 0 aromatic rings. The van der Waals surface area contributed by atoms with Gasteiger partial charge >= 0.3 is 23.5 Å². The minimum absolute atomic E-state index is 2.96. The maximum atomic E-state index is 9.63. The first-order chi connectivity index (χ1) is 5.71. The molecule has 0 amide bonds. The summed E-state index contributed by atoms with van der Waals surface area (Å²) < 4.78 is 31.1. The molecule has 7 N–H and O–H groups in total. The SMILES string of the molecule is O=P(O)(O)O.O=P(O)(O)OP(=O)(O)O. The molecule has 11 nitrogen and oxygen atoms in total. The molecule has 0 saturated heterocycles. The molecule has 0 rings (SSSR count). The third kappa shape index (κ3) is 39.4. The van der Waals surface area contributed by atoms with Gasteiger partial charge in [0.1, 0.15) is 0 Å². The van der Waals surface area contributed by atoms with E-state index in [0.29, 0.717) is 0 Å². The van der Waals surface area contributed by atoms with Crippen LogP contribution >= 0.6 is 23.5 Å². The lowest BCUT2D eigenvalue weighted by molar-refractivity contribution is 0.225. The Hall–Kier alpha value is 0.370. The van der Waals surface area contributed by atoms with Gasteiger partial charge in [0.05, 0.1) is 0 Å². The van der Waals surface area contributed by atoms with Crippen molar-refractivity contribution in [2.75, 3.05) is 0 Å². The van der Waals surface area contributed by atoms with Crippen molar-refractivity contribution in [3.05, 3.63) is 0 Å². The van der Waals surface area contributed by atoms with Crippen molar-refractivity contribution in [2.45, 2.75) is 0 Å². The van der Waals surface area contributed by atoms with Crippen LogP contribution in [0.4, 0.5) is 0 Å².